The van der Waals surface area contributed by atoms with Crippen LogP contribution in [0.3, 0.4) is 0 Å². The van der Waals surface area contributed by atoms with Crippen LogP contribution in [0, 0.1) is 0 Å². The minimum Gasteiger partial charge on any atom is -0.460 e. The Kier molecular flexibility index (Phi) is 4.53. The molecule has 1 heterocycles. The summed E-state index contributed by atoms with van der Waals surface area (Å²) in [5.74, 6) is -1.15. The molecule has 6 heteroatoms. The van der Waals surface area contributed by atoms with E-state index in [1.54, 1.807) is 20.8 Å². The van der Waals surface area contributed by atoms with Gasteiger partial charge < -0.3 is 15.2 Å². The highest BCUT2D eigenvalue weighted by atomic mass is 16.6. The zero-order chi connectivity index (χ0) is 16.4. The van der Waals surface area contributed by atoms with Gasteiger partial charge in [-0.3, -0.25) is 10.1 Å². The summed E-state index contributed by atoms with van der Waals surface area (Å²) in [6, 6.07) is 8.42. The second-order valence-corrected chi connectivity index (χ2v) is 6.45. The number of rotatable bonds is 4. The zero-order valence-corrected chi connectivity index (χ0v) is 13.1. The molecule has 22 heavy (non-hydrogen) atoms. The van der Waals surface area contributed by atoms with Crippen molar-refractivity contribution in [1.29, 1.82) is 0 Å². The summed E-state index contributed by atoms with van der Waals surface area (Å²) in [6.45, 7) is 5.59. The quantitative estimate of drug-likeness (QED) is 0.797. The van der Waals surface area contributed by atoms with Crippen molar-refractivity contribution in [2.45, 2.75) is 44.6 Å². The maximum Gasteiger partial charge on any atom is 0.330 e. The highest BCUT2D eigenvalue weighted by molar-refractivity contribution is 5.93. The first-order valence-corrected chi connectivity index (χ1v) is 7.19. The molecule has 0 amide bonds. The molecule has 1 aliphatic heterocycles. The van der Waals surface area contributed by atoms with Gasteiger partial charge in [0.25, 0.3) is 0 Å². The van der Waals surface area contributed by atoms with E-state index in [9.17, 15) is 9.59 Å². The van der Waals surface area contributed by atoms with Crippen molar-refractivity contribution in [2.24, 2.45) is 5.73 Å². The summed E-state index contributed by atoms with van der Waals surface area (Å²) in [6.07, 6.45) is 0. The van der Waals surface area contributed by atoms with E-state index in [2.05, 4.69) is 5.32 Å². The fraction of sp³-hybridized carbons (Fsp3) is 0.500. The molecule has 120 valence electrons. The second-order valence-electron chi connectivity index (χ2n) is 6.45. The third-order valence-corrected chi connectivity index (χ3v) is 3.35. The number of ether oxygens (including phenoxy) is 2. The van der Waals surface area contributed by atoms with Crippen LogP contribution in [0.2, 0.25) is 0 Å². The molecule has 2 unspecified atom stereocenters. The number of hydrogen-bond donors (Lipinski definition) is 2. The van der Waals surface area contributed by atoms with Crippen LogP contribution in [0.5, 0.6) is 0 Å². The first-order chi connectivity index (χ1) is 10.2. The molecular formula is C16H22N2O4. The number of carbonyl (C=O) groups is 2. The van der Waals surface area contributed by atoms with Crippen LogP contribution >= 0.6 is 0 Å². The van der Waals surface area contributed by atoms with E-state index in [0.717, 1.165) is 5.56 Å². The molecule has 0 saturated carbocycles. The Bertz CT molecular complexity index is 553. The van der Waals surface area contributed by atoms with Gasteiger partial charge in [0.2, 0.25) is 0 Å². The number of benzene rings is 1. The standard InChI is InChI=1S/C16H22N2O4/c1-15(2,3)22-14(20)16(17)10-18-12(16)13(19)21-9-11-7-5-4-6-8-11/h4-8,12,18H,9-10,17H2,1-3H3. The summed E-state index contributed by atoms with van der Waals surface area (Å²) in [5, 5.41) is 2.84. The summed E-state index contributed by atoms with van der Waals surface area (Å²) in [7, 11) is 0. The molecule has 6 nitrogen and oxygen atoms in total. The van der Waals surface area contributed by atoms with Crippen LogP contribution < -0.4 is 11.1 Å². The molecule has 1 aromatic rings. The summed E-state index contributed by atoms with van der Waals surface area (Å²) in [5.41, 5.74) is 4.87. The number of esters is 2. The van der Waals surface area contributed by atoms with E-state index in [4.69, 9.17) is 15.2 Å². The molecular weight excluding hydrogens is 284 g/mol. The van der Waals surface area contributed by atoms with Gasteiger partial charge in [-0.1, -0.05) is 30.3 Å². The Labute approximate surface area is 130 Å². The first kappa shape index (κ1) is 16.5. The van der Waals surface area contributed by atoms with Gasteiger partial charge in [-0.25, -0.2) is 4.79 Å². The summed E-state index contributed by atoms with van der Waals surface area (Å²) < 4.78 is 10.5. The molecule has 2 atom stereocenters. The van der Waals surface area contributed by atoms with Gasteiger partial charge in [-0.05, 0) is 26.3 Å². The van der Waals surface area contributed by atoms with E-state index in [1.165, 1.54) is 0 Å². The van der Waals surface area contributed by atoms with Crippen molar-refractivity contribution < 1.29 is 19.1 Å². The largest absolute Gasteiger partial charge is 0.460 e. The Balaban J connectivity index is 1.94. The lowest BCUT2D eigenvalue weighted by Gasteiger charge is -2.44. The van der Waals surface area contributed by atoms with Gasteiger partial charge in [-0.15, -0.1) is 0 Å². The number of hydrogen-bond acceptors (Lipinski definition) is 6. The van der Waals surface area contributed by atoms with Crippen molar-refractivity contribution in [1.82, 2.24) is 5.32 Å². The molecule has 0 aliphatic carbocycles. The topological polar surface area (TPSA) is 90.6 Å². The normalized spacial score (nSPS) is 24.3. The molecule has 1 saturated heterocycles. The van der Waals surface area contributed by atoms with E-state index < -0.39 is 29.1 Å². The van der Waals surface area contributed by atoms with E-state index in [0.29, 0.717) is 0 Å². The predicted molar refractivity (Wildman–Crippen MR) is 80.8 cm³/mol. The van der Waals surface area contributed by atoms with Crippen LogP contribution in [0.1, 0.15) is 26.3 Å². The molecule has 1 fully saturated rings. The molecule has 0 radical (unpaired) electrons. The summed E-state index contributed by atoms with van der Waals surface area (Å²) in [4.78, 5) is 24.3. The third kappa shape index (κ3) is 3.64. The third-order valence-electron chi connectivity index (χ3n) is 3.35. The molecule has 0 bridgehead atoms. The van der Waals surface area contributed by atoms with Crippen molar-refractivity contribution in [3.05, 3.63) is 35.9 Å². The minimum absolute atomic E-state index is 0.141. The lowest BCUT2D eigenvalue weighted by atomic mass is 9.83. The Morgan fingerprint density at radius 3 is 2.45 bits per heavy atom. The minimum atomic E-state index is -1.37. The van der Waals surface area contributed by atoms with Crippen LogP contribution in [0.25, 0.3) is 0 Å². The maximum atomic E-state index is 12.2. The van der Waals surface area contributed by atoms with Crippen LogP contribution in [0.4, 0.5) is 0 Å². The average molecular weight is 306 g/mol. The van der Waals surface area contributed by atoms with Gasteiger partial charge >= 0.3 is 11.9 Å². The molecule has 1 aliphatic rings. The van der Waals surface area contributed by atoms with Crippen molar-refractivity contribution in [3.8, 4) is 0 Å². The fourth-order valence-corrected chi connectivity index (χ4v) is 2.09. The van der Waals surface area contributed by atoms with E-state index in [-0.39, 0.29) is 13.2 Å². The zero-order valence-electron chi connectivity index (χ0n) is 13.1. The monoisotopic (exact) mass is 306 g/mol. The van der Waals surface area contributed by atoms with Gasteiger partial charge in [0, 0.05) is 6.54 Å². The summed E-state index contributed by atoms with van der Waals surface area (Å²) >= 11 is 0. The van der Waals surface area contributed by atoms with E-state index in [1.807, 2.05) is 30.3 Å². The fourth-order valence-electron chi connectivity index (χ4n) is 2.09. The number of carbonyl (C=O) groups excluding carboxylic acids is 2. The molecule has 1 aromatic carbocycles. The highest BCUT2D eigenvalue weighted by Crippen LogP contribution is 2.23. The Hall–Kier alpha value is -1.92. The van der Waals surface area contributed by atoms with Gasteiger partial charge in [0.15, 0.2) is 5.54 Å². The van der Waals surface area contributed by atoms with Crippen LogP contribution in [-0.2, 0) is 25.7 Å². The Morgan fingerprint density at radius 1 is 1.32 bits per heavy atom. The predicted octanol–water partition coefficient (Wildman–Crippen LogP) is 0.741. The van der Waals surface area contributed by atoms with Crippen molar-refractivity contribution in [3.63, 3.8) is 0 Å². The lowest BCUT2D eigenvalue weighted by Crippen LogP contribution is -2.80. The first-order valence-electron chi connectivity index (χ1n) is 7.19. The number of nitrogens with one attached hydrogen (secondary N) is 1. The lowest BCUT2D eigenvalue weighted by molar-refractivity contribution is -0.173. The second kappa shape index (κ2) is 6.06. The van der Waals surface area contributed by atoms with Gasteiger partial charge in [0.05, 0.1) is 0 Å². The van der Waals surface area contributed by atoms with Crippen LogP contribution in [0.15, 0.2) is 30.3 Å². The van der Waals surface area contributed by atoms with Crippen molar-refractivity contribution in [2.75, 3.05) is 6.54 Å². The highest BCUT2D eigenvalue weighted by Gasteiger charge is 2.56. The maximum absolute atomic E-state index is 12.2. The number of nitrogens with two attached hydrogens (primary N) is 1. The SMILES string of the molecule is CC(C)(C)OC(=O)C1(N)CNC1C(=O)OCc1ccccc1. The van der Waals surface area contributed by atoms with Gasteiger partial charge in [0.1, 0.15) is 18.2 Å². The molecule has 2 rings (SSSR count). The smallest absolute Gasteiger partial charge is 0.330 e. The molecule has 0 aromatic heterocycles. The molecule has 3 N–H and O–H groups in total. The molecule has 0 spiro atoms. The van der Waals surface area contributed by atoms with Crippen molar-refractivity contribution >= 4 is 11.9 Å². The van der Waals surface area contributed by atoms with Gasteiger partial charge in [-0.2, -0.15) is 0 Å². The average Bonchev–Trinajstić information content (AvgIpc) is 2.42. The van der Waals surface area contributed by atoms with E-state index >= 15 is 0 Å². The Morgan fingerprint density at radius 2 is 1.95 bits per heavy atom. The van der Waals surface area contributed by atoms with Crippen LogP contribution in [-0.4, -0.2) is 35.7 Å².